The number of aromatic carboxylic acids is 1. The second-order valence-electron chi connectivity index (χ2n) is 13.4. The van der Waals surface area contributed by atoms with Crippen molar-refractivity contribution >= 4 is 46.7 Å². The third-order valence-corrected chi connectivity index (χ3v) is 11.5. The van der Waals surface area contributed by atoms with Gasteiger partial charge in [-0.3, -0.25) is 4.90 Å². The fourth-order valence-electron chi connectivity index (χ4n) is 6.47. The van der Waals surface area contributed by atoms with Crippen LogP contribution in [0.25, 0.3) is 11.0 Å². The van der Waals surface area contributed by atoms with Crippen LogP contribution in [0.4, 0.5) is 5.69 Å². The summed E-state index contributed by atoms with van der Waals surface area (Å²) >= 11 is 3.79. The van der Waals surface area contributed by atoms with Gasteiger partial charge in [-0.05, 0) is 66.8 Å². The van der Waals surface area contributed by atoms with Crippen LogP contribution in [-0.2, 0) is 17.9 Å². The highest BCUT2D eigenvalue weighted by Gasteiger charge is 2.29. The van der Waals surface area contributed by atoms with Crippen molar-refractivity contribution in [1.29, 1.82) is 0 Å². The van der Waals surface area contributed by atoms with E-state index in [-0.39, 0.29) is 5.56 Å². The molecular formula is C35H43BrN4O4Si. The number of halogens is 1. The molecule has 2 aliphatic rings. The Morgan fingerprint density at radius 2 is 1.89 bits per heavy atom. The molecule has 0 saturated carbocycles. The van der Waals surface area contributed by atoms with E-state index in [2.05, 4.69) is 68.6 Å². The van der Waals surface area contributed by atoms with Crippen molar-refractivity contribution in [2.24, 2.45) is 0 Å². The number of nitrogens with zero attached hydrogens (tertiary/aromatic N) is 4. The van der Waals surface area contributed by atoms with Crippen LogP contribution in [0.5, 0.6) is 11.5 Å². The number of carbonyl (C=O) groups is 1. The first-order valence-electron chi connectivity index (χ1n) is 16.0. The van der Waals surface area contributed by atoms with Crippen LogP contribution in [0.3, 0.4) is 0 Å². The van der Waals surface area contributed by atoms with Crippen molar-refractivity contribution in [2.45, 2.75) is 64.1 Å². The Morgan fingerprint density at radius 1 is 1.07 bits per heavy atom. The normalized spacial score (nSPS) is 17.7. The summed E-state index contributed by atoms with van der Waals surface area (Å²) in [5.74, 6) is -0.196. The molecule has 2 aromatic carbocycles. The summed E-state index contributed by atoms with van der Waals surface area (Å²) in [6, 6.07) is 17.5. The van der Waals surface area contributed by atoms with Gasteiger partial charge in [-0.2, -0.15) is 0 Å². The highest BCUT2D eigenvalue weighted by molar-refractivity contribution is 9.10. The number of ether oxygens (including phenoxy) is 2. The Balaban J connectivity index is 1.14. The number of piperazine rings is 1. The molecule has 1 aliphatic heterocycles. The lowest BCUT2D eigenvalue weighted by molar-refractivity contribution is 0.0694. The smallest absolute Gasteiger partial charge is 0.339 e. The van der Waals surface area contributed by atoms with Gasteiger partial charge in [-0.15, -0.1) is 0 Å². The van der Waals surface area contributed by atoms with Crippen LogP contribution < -0.4 is 9.64 Å². The third kappa shape index (κ3) is 7.46. The largest absolute Gasteiger partial charge is 0.478 e. The SMILES string of the molecule is C[Si](C)(C)CCOCn1ccc2cc(Oc3cc(N4CCN([C@@H]5CCCCc6c(Br)cccc65)CC4)ccc3C(=O)O)cnc21. The number of carboxylic acid groups (broad SMARTS) is 1. The molecule has 1 saturated heterocycles. The number of aromatic nitrogens is 2. The van der Waals surface area contributed by atoms with Gasteiger partial charge < -0.3 is 24.0 Å². The van der Waals surface area contributed by atoms with Gasteiger partial charge in [0, 0.05) is 74.7 Å². The van der Waals surface area contributed by atoms with Gasteiger partial charge in [0.25, 0.3) is 0 Å². The van der Waals surface area contributed by atoms with Gasteiger partial charge >= 0.3 is 5.97 Å². The summed E-state index contributed by atoms with van der Waals surface area (Å²) < 4.78 is 15.3. The van der Waals surface area contributed by atoms with E-state index in [1.807, 2.05) is 35.0 Å². The Labute approximate surface area is 275 Å². The zero-order valence-corrected chi connectivity index (χ0v) is 29.1. The van der Waals surface area contributed by atoms with Crippen LogP contribution in [0, 0.1) is 0 Å². The van der Waals surface area contributed by atoms with Crippen molar-refractivity contribution < 1.29 is 19.4 Å². The first-order valence-corrected chi connectivity index (χ1v) is 20.5. The maximum atomic E-state index is 12.1. The first-order chi connectivity index (χ1) is 21.7. The topological polar surface area (TPSA) is 80.1 Å². The molecule has 238 valence electrons. The molecule has 1 aliphatic carbocycles. The van der Waals surface area contributed by atoms with Crippen molar-refractivity contribution in [2.75, 3.05) is 37.7 Å². The maximum Gasteiger partial charge on any atom is 0.339 e. The number of rotatable bonds is 10. The fourth-order valence-corrected chi connectivity index (χ4v) is 7.81. The number of hydrogen-bond acceptors (Lipinski definition) is 6. The molecule has 10 heteroatoms. The molecule has 0 radical (unpaired) electrons. The van der Waals surface area contributed by atoms with Gasteiger partial charge in [0.05, 0.1) is 6.20 Å². The van der Waals surface area contributed by atoms with E-state index < -0.39 is 14.0 Å². The van der Waals surface area contributed by atoms with Crippen LogP contribution in [0.2, 0.25) is 25.7 Å². The zero-order chi connectivity index (χ0) is 31.6. The molecule has 8 nitrogen and oxygen atoms in total. The number of anilines is 1. The first kappa shape index (κ1) is 31.8. The number of pyridine rings is 1. The molecule has 0 amide bonds. The Kier molecular flexibility index (Phi) is 9.65. The Hall–Kier alpha value is -3.18. The monoisotopic (exact) mass is 690 g/mol. The minimum Gasteiger partial charge on any atom is -0.478 e. The van der Waals surface area contributed by atoms with Crippen LogP contribution in [0.1, 0.15) is 46.8 Å². The van der Waals surface area contributed by atoms with Gasteiger partial charge in [-0.1, -0.05) is 54.1 Å². The van der Waals surface area contributed by atoms with Crippen molar-refractivity contribution in [3.05, 3.63) is 82.1 Å². The quantitative estimate of drug-likeness (QED) is 0.102. The molecule has 1 fully saturated rings. The van der Waals surface area contributed by atoms with E-state index in [1.54, 1.807) is 12.3 Å². The van der Waals surface area contributed by atoms with E-state index in [0.717, 1.165) is 62.0 Å². The maximum absolute atomic E-state index is 12.1. The van der Waals surface area contributed by atoms with E-state index in [0.29, 0.717) is 24.3 Å². The summed E-state index contributed by atoms with van der Waals surface area (Å²) in [5, 5.41) is 10.9. The highest BCUT2D eigenvalue weighted by atomic mass is 79.9. The molecule has 0 bridgehead atoms. The predicted octanol–water partition coefficient (Wildman–Crippen LogP) is 8.19. The third-order valence-electron chi connectivity index (χ3n) is 9.01. The van der Waals surface area contributed by atoms with Crippen molar-refractivity contribution in [3.63, 3.8) is 0 Å². The van der Waals surface area contributed by atoms with E-state index in [4.69, 9.17) is 9.47 Å². The summed E-state index contributed by atoms with van der Waals surface area (Å²) in [7, 11) is -1.15. The molecule has 1 N–H and O–H groups in total. The fraction of sp³-hybridized carbons (Fsp3) is 0.429. The molecule has 45 heavy (non-hydrogen) atoms. The molecule has 0 unspecified atom stereocenters. The zero-order valence-electron chi connectivity index (χ0n) is 26.5. The highest BCUT2D eigenvalue weighted by Crippen LogP contribution is 2.38. The molecule has 1 atom stereocenters. The molecule has 6 rings (SSSR count). The van der Waals surface area contributed by atoms with Gasteiger partial charge in [-0.25, -0.2) is 9.78 Å². The van der Waals surface area contributed by atoms with E-state index >= 15 is 0 Å². The molecule has 4 aromatic rings. The summed E-state index contributed by atoms with van der Waals surface area (Å²) in [4.78, 5) is 21.7. The van der Waals surface area contributed by atoms with Crippen molar-refractivity contribution in [1.82, 2.24) is 14.5 Å². The van der Waals surface area contributed by atoms with Crippen LogP contribution in [-0.4, -0.2) is 66.4 Å². The Bertz CT molecular complexity index is 1660. The summed E-state index contributed by atoms with van der Waals surface area (Å²) in [6.07, 6.45) is 8.40. The van der Waals surface area contributed by atoms with Gasteiger partial charge in [0.15, 0.2) is 0 Å². The lowest BCUT2D eigenvalue weighted by atomic mass is 9.97. The molecular weight excluding hydrogens is 648 g/mol. The molecule has 3 heterocycles. The molecule has 2 aromatic heterocycles. The Morgan fingerprint density at radius 3 is 2.67 bits per heavy atom. The average Bonchev–Trinajstić information content (AvgIpc) is 3.28. The standard InChI is InChI=1S/C35H43BrN4O4Si/c1-45(2,3)20-19-43-24-40-14-13-25-21-27(23-37-34(25)40)44-33-22-26(11-12-30(33)35(41)42)38-15-17-39(18-16-38)32-10-5-4-7-28-29(32)8-6-9-31(28)36/h6,8-9,11-14,21-23,32H,4-5,7,10,15-20,24H2,1-3H3,(H,41,42)/t32-/m1/s1. The van der Waals surface area contributed by atoms with E-state index in [9.17, 15) is 9.90 Å². The number of carboxylic acids is 1. The molecule has 0 spiro atoms. The number of hydrogen-bond donors (Lipinski definition) is 1. The van der Waals surface area contributed by atoms with Crippen LogP contribution >= 0.6 is 15.9 Å². The second kappa shape index (κ2) is 13.7. The van der Waals surface area contributed by atoms with E-state index in [1.165, 1.54) is 34.9 Å². The lowest BCUT2D eigenvalue weighted by Gasteiger charge is -2.40. The second-order valence-corrected chi connectivity index (χ2v) is 19.9. The van der Waals surface area contributed by atoms with Crippen LogP contribution in [0.15, 0.2) is 65.4 Å². The minimum atomic E-state index is -1.15. The van der Waals surface area contributed by atoms with Crippen molar-refractivity contribution in [3.8, 4) is 11.5 Å². The summed E-state index contributed by atoms with van der Waals surface area (Å²) in [6.45, 7) is 11.9. The predicted molar refractivity (Wildman–Crippen MR) is 186 cm³/mol. The number of fused-ring (bicyclic) bond motifs is 2. The minimum absolute atomic E-state index is 0.131. The lowest BCUT2D eigenvalue weighted by Crippen LogP contribution is -2.47. The average molecular weight is 692 g/mol. The van der Waals surface area contributed by atoms with Gasteiger partial charge in [0.1, 0.15) is 29.4 Å². The van der Waals surface area contributed by atoms with Gasteiger partial charge in [0.2, 0.25) is 0 Å². The number of benzene rings is 2. The summed E-state index contributed by atoms with van der Waals surface area (Å²) in [5.41, 5.74) is 4.83.